The molecule has 6 nitrogen and oxygen atoms in total. The van der Waals surface area contributed by atoms with E-state index in [9.17, 15) is 4.79 Å². The van der Waals surface area contributed by atoms with E-state index < -0.39 is 5.91 Å². The van der Waals surface area contributed by atoms with Gasteiger partial charge in [-0.25, -0.2) is 0 Å². The molecule has 0 aliphatic rings. The Morgan fingerprint density at radius 1 is 1.09 bits per heavy atom. The van der Waals surface area contributed by atoms with Gasteiger partial charge >= 0.3 is 0 Å². The Bertz CT molecular complexity index is 612. The lowest BCUT2D eigenvalue weighted by molar-refractivity contribution is 0.0996. The van der Waals surface area contributed by atoms with Crippen molar-refractivity contribution in [2.45, 2.75) is 39.5 Å². The second-order valence-corrected chi connectivity index (χ2v) is 5.63. The number of aromatic amines is 1. The Morgan fingerprint density at radius 2 is 1.70 bits per heavy atom. The first kappa shape index (κ1) is 17.0. The maximum atomic E-state index is 11.4. The average molecular weight is 315 g/mol. The Morgan fingerprint density at radius 3 is 2.22 bits per heavy atom. The van der Waals surface area contributed by atoms with E-state index in [1.807, 2.05) is 12.1 Å². The number of hydrogen-bond acceptors (Lipinski definition) is 4. The van der Waals surface area contributed by atoms with Gasteiger partial charge in [-0.2, -0.15) is 15.4 Å². The molecule has 0 fully saturated rings. The van der Waals surface area contributed by atoms with Gasteiger partial charge in [-0.1, -0.05) is 38.8 Å². The van der Waals surface area contributed by atoms with Gasteiger partial charge in [0.2, 0.25) is 0 Å². The number of benzene rings is 1. The molecule has 0 aliphatic heterocycles. The quantitative estimate of drug-likeness (QED) is 0.744. The third-order valence-corrected chi connectivity index (χ3v) is 3.85. The van der Waals surface area contributed by atoms with Crippen LogP contribution in [0.3, 0.4) is 0 Å². The summed E-state index contributed by atoms with van der Waals surface area (Å²) >= 11 is 0. The molecular formula is C17H25N5O. The molecule has 1 heterocycles. The van der Waals surface area contributed by atoms with Crippen molar-refractivity contribution in [3.63, 3.8) is 0 Å². The lowest BCUT2D eigenvalue weighted by Gasteiger charge is -2.24. The molecule has 3 N–H and O–H groups in total. The van der Waals surface area contributed by atoms with Crippen molar-refractivity contribution >= 4 is 11.6 Å². The van der Waals surface area contributed by atoms with Crippen LogP contribution in [0.2, 0.25) is 0 Å². The van der Waals surface area contributed by atoms with Gasteiger partial charge in [-0.15, -0.1) is 0 Å². The van der Waals surface area contributed by atoms with Crippen molar-refractivity contribution < 1.29 is 4.79 Å². The molecule has 23 heavy (non-hydrogen) atoms. The van der Waals surface area contributed by atoms with E-state index in [4.69, 9.17) is 5.73 Å². The van der Waals surface area contributed by atoms with Crippen LogP contribution in [0.1, 0.15) is 50.0 Å². The summed E-state index contributed by atoms with van der Waals surface area (Å²) in [6.45, 7) is 6.53. The van der Waals surface area contributed by atoms with E-state index in [0.717, 1.165) is 18.7 Å². The highest BCUT2D eigenvalue weighted by Gasteiger charge is 2.15. The summed E-state index contributed by atoms with van der Waals surface area (Å²) in [6, 6.07) is 8.06. The maximum absolute atomic E-state index is 11.4. The van der Waals surface area contributed by atoms with E-state index >= 15 is 0 Å². The first-order chi connectivity index (χ1) is 11.2. The number of primary amides is 1. The highest BCUT2D eigenvalue weighted by atomic mass is 16.1. The van der Waals surface area contributed by atoms with Crippen molar-refractivity contribution in [3.05, 3.63) is 30.0 Å². The number of H-pyrrole nitrogens is 1. The molecule has 0 atom stereocenters. The molecule has 0 unspecified atom stereocenters. The third-order valence-electron chi connectivity index (χ3n) is 3.85. The average Bonchev–Trinajstić information content (AvgIpc) is 3.05. The topological polar surface area (TPSA) is 87.9 Å². The van der Waals surface area contributed by atoms with Crippen LogP contribution in [0.4, 0.5) is 5.69 Å². The van der Waals surface area contributed by atoms with Crippen molar-refractivity contribution in [2.75, 3.05) is 18.0 Å². The van der Waals surface area contributed by atoms with Gasteiger partial charge in [0.25, 0.3) is 5.91 Å². The minimum absolute atomic E-state index is 0.173. The normalized spacial score (nSPS) is 10.7. The van der Waals surface area contributed by atoms with Crippen LogP contribution in [0.25, 0.3) is 11.3 Å². The third kappa shape index (κ3) is 4.31. The molecule has 2 aromatic rings. The highest BCUT2D eigenvalue weighted by molar-refractivity contribution is 5.96. The molecule has 0 saturated heterocycles. The summed E-state index contributed by atoms with van der Waals surface area (Å²) in [5.74, 6) is -0.578. The molecule has 1 aromatic heterocycles. The van der Waals surface area contributed by atoms with Crippen molar-refractivity contribution in [3.8, 4) is 11.3 Å². The zero-order chi connectivity index (χ0) is 16.7. The summed E-state index contributed by atoms with van der Waals surface area (Å²) < 4.78 is 0. The minimum atomic E-state index is -0.578. The molecule has 0 bridgehead atoms. The second kappa shape index (κ2) is 8.31. The van der Waals surface area contributed by atoms with Gasteiger partial charge in [-0.3, -0.25) is 4.79 Å². The fourth-order valence-electron chi connectivity index (χ4n) is 2.50. The fourth-order valence-corrected chi connectivity index (χ4v) is 2.50. The Balaban J connectivity index is 2.19. The van der Waals surface area contributed by atoms with Gasteiger partial charge in [0.05, 0.1) is 0 Å². The first-order valence-corrected chi connectivity index (χ1v) is 8.23. The number of nitrogens with zero attached hydrogens (tertiary/aromatic N) is 3. The SMILES string of the molecule is CCCCN(CCCC)c1ccc(-c2n[nH]nc2C(N)=O)cc1. The van der Waals surface area contributed by atoms with E-state index in [1.165, 1.54) is 31.4 Å². The van der Waals surface area contributed by atoms with E-state index in [2.05, 4.69) is 46.3 Å². The predicted octanol–water partition coefficient (Wildman–Crippen LogP) is 2.98. The molecule has 2 rings (SSSR count). The zero-order valence-corrected chi connectivity index (χ0v) is 13.9. The number of nitrogens with two attached hydrogens (primary N) is 1. The van der Waals surface area contributed by atoms with E-state index in [1.54, 1.807) is 0 Å². The monoisotopic (exact) mass is 315 g/mol. The fraction of sp³-hybridized carbons (Fsp3) is 0.471. The molecular weight excluding hydrogens is 290 g/mol. The maximum Gasteiger partial charge on any atom is 0.271 e. The molecule has 0 spiro atoms. The van der Waals surface area contributed by atoms with Crippen LogP contribution in [-0.4, -0.2) is 34.4 Å². The lowest BCUT2D eigenvalue weighted by atomic mass is 10.1. The lowest BCUT2D eigenvalue weighted by Crippen LogP contribution is -2.25. The van der Waals surface area contributed by atoms with Crippen LogP contribution < -0.4 is 10.6 Å². The van der Waals surface area contributed by atoms with Gasteiger partial charge in [0.15, 0.2) is 5.69 Å². The van der Waals surface area contributed by atoms with Crippen LogP contribution in [0.5, 0.6) is 0 Å². The number of carbonyl (C=O) groups excluding carboxylic acids is 1. The van der Waals surface area contributed by atoms with Gasteiger partial charge in [0, 0.05) is 24.3 Å². The summed E-state index contributed by atoms with van der Waals surface area (Å²) in [6.07, 6.45) is 4.73. The smallest absolute Gasteiger partial charge is 0.271 e. The van der Waals surface area contributed by atoms with E-state index in [0.29, 0.717) is 5.69 Å². The highest BCUT2D eigenvalue weighted by Crippen LogP contribution is 2.24. The van der Waals surface area contributed by atoms with Crippen molar-refractivity contribution in [1.82, 2.24) is 15.4 Å². The standard InChI is InChI=1S/C17H25N5O/c1-3-5-11-22(12-6-4-2)14-9-7-13(8-10-14)15-16(17(18)23)20-21-19-15/h7-10H,3-6,11-12H2,1-2H3,(H2,18,23)(H,19,20,21). The molecule has 0 aliphatic carbocycles. The van der Waals surface area contributed by atoms with Crippen LogP contribution in [0, 0.1) is 0 Å². The Hall–Kier alpha value is -2.37. The van der Waals surface area contributed by atoms with E-state index in [-0.39, 0.29) is 5.69 Å². The molecule has 0 saturated carbocycles. The summed E-state index contributed by atoms with van der Waals surface area (Å²) in [5.41, 5.74) is 8.01. The number of carbonyl (C=O) groups is 1. The summed E-state index contributed by atoms with van der Waals surface area (Å²) in [5, 5.41) is 10.3. The minimum Gasteiger partial charge on any atom is -0.372 e. The molecule has 1 amide bonds. The van der Waals surface area contributed by atoms with Gasteiger partial charge in [-0.05, 0) is 25.0 Å². The summed E-state index contributed by atoms with van der Waals surface area (Å²) in [7, 11) is 0. The molecule has 6 heteroatoms. The number of nitrogens with one attached hydrogen (secondary N) is 1. The van der Waals surface area contributed by atoms with Crippen LogP contribution >= 0.6 is 0 Å². The number of anilines is 1. The van der Waals surface area contributed by atoms with Crippen LogP contribution in [0.15, 0.2) is 24.3 Å². The van der Waals surface area contributed by atoms with Crippen molar-refractivity contribution in [2.24, 2.45) is 5.73 Å². The largest absolute Gasteiger partial charge is 0.372 e. The number of rotatable bonds is 9. The Kier molecular flexibility index (Phi) is 6.14. The first-order valence-electron chi connectivity index (χ1n) is 8.23. The van der Waals surface area contributed by atoms with Crippen LogP contribution in [-0.2, 0) is 0 Å². The Labute approximate surface area is 137 Å². The predicted molar refractivity (Wildman–Crippen MR) is 92.4 cm³/mol. The molecule has 1 aromatic carbocycles. The zero-order valence-electron chi connectivity index (χ0n) is 13.9. The molecule has 124 valence electrons. The van der Waals surface area contributed by atoms with Crippen molar-refractivity contribution in [1.29, 1.82) is 0 Å². The number of amides is 1. The van der Waals surface area contributed by atoms with Gasteiger partial charge in [0.1, 0.15) is 5.69 Å². The second-order valence-electron chi connectivity index (χ2n) is 5.63. The number of aromatic nitrogens is 3. The number of unbranched alkanes of at least 4 members (excludes halogenated alkanes) is 2. The van der Waals surface area contributed by atoms with Gasteiger partial charge < -0.3 is 10.6 Å². The summed E-state index contributed by atoms with van der Waals surface area (Å²) in [4.78, 5) is 13.8. The number of hydrogen-bond donors (Lipinski definition) is 2. The molecule has 0 radical (unpaired) electrons.